The van der Waals surface area contributed by atoms with Crippen molar-refractivity contribution in [1.82, 2.24) is 10.3 Å². The zero-order chi connectivity index (χ0) is 29.7. The van der Waals surface area contributed by atoms with Crippen LogP contribution in [0.4, 0.5) is 0 Å². The Morgan fingerprint density at radius 1 is 0.825 bits per heavy atom. The van der Waals surface area contributed by atoms with E-state index in [1.807, 2.05) is 26.0 Å². The van der Waals surface area contributed by atoms with Crippen molar-refractivity contribution >= 4 is 22.2 Å². The molecule has 1 unspecified atom stereocenters. The van der Waals surface area contributed by atoms with E-state index in [4.69, 9.17) is 4.98 Å². The smallest absolute Gasteiger partial charge is 0.0991 e. The Bertz CT molecular complexity index is 1420. The van der Waals surface area contributed by atoms with E-state index in [-0.39, 0.29) is 6.04 Å². The average molecular weight is 532 g/mol. The molecular weight excluding hydrogens is 486 g/mol. The summed E-state index contributed by atoms with van der Waals surface area (Å²) in [6.07, 6.45) is 2.82. The van der Waals surface area contributed by atoms with Crippen LogP contribution >= 0.6 is 0 Å². The number of hydrogen-bond acceptors (Lipinski definition) is 3. The van der Waals surface area contributed by atoms with E-state index in [1.54, 1.807) is 0 Å². The molecule has 3 aromatic carbocycles. The molecule has 1 N–H and O–H groups in total. The first-order valence-corrected chi connectivity index (χ1v) is 14.3. The molecule has 0 saturated heterocycles. The van der Waals surface area contributed by atoms with Crippen LogP contribution < -0.4 is 5.32 Å². The van der Waals surface area contributed by atoms with Crippen molar-refractivity contribution in [2.45, 2.75) is 73.8 Å². The lowest BCUT2D eigenvalue weighted by Gasteiger charge is -2.21. The molecule has 3 nitrogen and oxygen atoms in total. The van der Waals surface area contributed by atoms with Crippen LogP contribution in [0.25, 0.3) is 22.2 Å². The summed E-state index contributed by atoms with van der Waals surface area (Å²) in [6.45, 7) is 22.8. The summed E-state index contributed by atoms with van der Waals surface area (Å²) in [5, 5.41) is 14.0. The van der Waals surface area contributed by atoms with Gasteiger partial charge in [-0.1, -0.05) is 112 Å². The quantitative estimate of drug-likeness (QED) is 0.230. The molecular formula is C37H45N3. The highest BCUT2D eigenvalue weighted by Crippen LogP contribution is 2.27. The first-order valence-electron chi connectivity index (χ1n) is 14.3. The Labute approximate surface area is 242 Å². The van der Waals surface area contributed by atoms with Gasteiger partial charge < -0.3 is 5.32 Å². The molecule has 0 aliphatic rings. The molecule has 0 radical (unpaired) electrons. The largest absolute Gasteiger partial charge is 0.381 e. The first-order chi connectivity index (χ1) is 19.2. The Morgan fingerprint density at radius 2 is 1.35 bits per heavy atom. The first kappa shape index (κ1) is 32.1. The number of rotatable bonds is 8. The van der Waals surface area contributed by atoms with Gasteiger partial charge in [-0.05, 0) is 69.4 Å². The summed E-state index contributed by atoms with van der Waals surface area (Å²) >= 11 is 0. The van der Waals surface area contributed by atoms with Crippen LogP contribution in [0.5, 0.6) is 0 Å². The van der Waals surface area contributed by atoms with Gasteiger partial charge in [0.1, 0.15) is 0 Å². The molecule has 4 rings (SSSR count). The Balaban J connectivity index is 0.000000475. The van der Waals surface area contributed by atoms with Gasteiger partial charge in [0.05, 0.1) is 28.5 Å². The summed E-state index contributed by atoms with van der Waals surface area (Å²) < 4.78 is 0. The number of aromatic nitrogens is 1. The average Bonchev–Trinajstić information content (AvgIpc) is 2.99. The highest BCUT2D eigenvalue weighted by atomic mass is 14.9. The predicted octanol–water partition coefficient (Wildman–Crippen LogP) is 9.55. The molecule has 0 aliphatic carbocycles. The number of hydrogen-bond donors (Lipinski definition) is 1. The van der Waals surface area contributed by atoms with Gasteiger partial charge >= 0.3 is 0 Å². The molecule has 0 spiro atoms. The maximum atomic E-state index is 9.46. The Morgan fingerprint density at radius 3 is 1.85 bits per heavy atom. The highest BCUT2D eigenvalue weighted by Gasteiger charge is 2.14. The van der Waals surface area contributed by atoms with Gasteiger partial charge in [-0.2, -0.15) is 5.26 Å². The third kappa shape index (κ3) is 9.24. The molecule has 0 fully saturated rings. The van der Waals surface area contributed by atoms with E-state index in [9.17, 15) is 5.26 Å². The van der Waals surface area contributed by atoms with Gasteiger partial charge in [-0.25, -0.2) is 4.98 Å². The van der Waals surface area contributed by atoms with Crippen LogP contribution in [0.2, 0.25) is 0 Å². The van der Waals surface area contributed by atoms with Gasteiger partial charge in [-0.3, -0.25) is 0 Å². The fourth-order valence-electron chi connectivity index (χ4n) is 4.22. The van der Waals surface area contributed by atoms with Crippen molar-refractivity contribution in [3.05, 3.63) is 125 Å². The molecule has 40 heavy (non-hydrogen) atoms. The minimum absolute atomic E-state index is 0.253. The van der Waals surface area contributed by atoms with E-state index in [1.165, 1.54) is 27.8 Å². The standard InChI is InChI=1S/C27H29N3.C8H10.C2H6/c1-6-21-12-13-26-25(15-21)24(19(4)17-28)16-27(30-26)20(5)29-23(7-2)14-22-10-8-18(3)9-11-22;1-7-3-5-8(2)6-4-7;1-2/h8-13,15-16,23,29H,4-7,14H2,1-3H3;3-6H,1-2H3;1-2H3. The molecule has 0 saturated carbocycles. The minimum Gasteiger partial charge on any atom is -0.381 e. The van der Waals surface area contributed by atoms with Crippen LogP contribution in [-0.4, -0.2) is 11.0 Å². The Kier molecular flexibility index (Phi) is 12.9. The third-order valence-electron chi connectivity index (χ3n) is 6.74. The van der Waals surface area contributed by atoms with Crippen LogP contribution in [0.1, 0.15) is 73.2 Å². The normalized spacial score (nSPS) is 10.8. The van der Waals surface area contributed by atoms with Crippen molar-refractivity contribution in [1.29, 1.82) is 5.26 Å². The lowest BCUT2D eigenvalue weighted by molar-refractivity contribution is 0.574. The summed E-state index contributed by atoms with van der Waals surface area (Å²) in [7, 11) is 0. The fraction of sp³-hybridized carbons (Fsp3) is 0.297. The fourth-order valence-corrected chi connectivity index (χ4v) is 4.22. The SMILES string of the molecule is C=C(NC(CC)Cc1ccc(C)cc1)c1cc(C(=C)C#N)c2cc(CC)ccc2n1.CC.Cc1ccc(C)cc1. The van der Waals surface area contributed by atoms with E-state index < -0.39 is 0 Å². The number of nitriles is 1. The monoisotopic (exact) mass is 531 g/mol. The Hall–Kier alpha value is -4.16. The van der Waals surface area contributed by atoms with Crippen LogP contribution in [0.15, 0.2) is 86.0 Å². The molecule has 208 valence electrons. The molecule has 4 aromatic rings. The maximum absolute atomic E-state index is 9.46. The zero-order valence-electron chi connectivity index (χ0n) is 25.4. The zero-order valence-corrected chi connectivity index (χ0v) is 25.4. The summed E-state index contributed by atoms with van der Waals surface area (Å²) in [4.78, 5) is 4.82. The molecule has 1 heterocycles. The van der Waals surface area contributed by atoms with E-state index in [0.717, 1.165) is 47.1 Å². The summed E-state index contributed by atoms with van der Waals surface area (Å²) in [6, 6.07) is 27.7. The van der Waals surface area contributed by atoms with Gasteiger partial charge in [0.15, 0.2) is 0 Å². The number of fused-ring (bicyclic) bond motifs is 1. The topological polar surface area (TPSA) is 48.7 Å². The molecule has 0 amide bonds. The van der Waals surface area contributed by atoms with Gasteiger partial charge in [0.2, 0.25) is 0 Å². The van der Waals surface area contributed by atoms with Crippen molar-refractivity contribution in [2.75, 3.05) is 0 Å². The van der Waals surface area contributed by atoms with Gasteiger partial charge in [0, 0.05) is 17.0 Å². The van der Waals surface area contributed by atoms with Crippen molar-refractivity contribution in [2.24, 2.45) is 0 Å². The number of allylic oxidation sites excluding steroid dienone is 1. The second kappa shape index (κ2) is 16.1. The lowest BCUT2D eigenvalue weighted by Crippen LogP contribution is -2.29. The summed E-state index contributed by atoms with van der Waals surface area (Å²) in [5.41, 5.74) is 10.1. The molecule has 1 atom stereocenters. The van der Waals surface area contributed by atoms with E-state index >= 15 is 0 Å². The number of nitrogens with zero attached hydrogens (tertiary/aromatic N) is 2. The maximum Gasteiger partial charge on any atom is 0.0991 e. The van der Waals surface area contributed by atoms with Crippen molar-refractivity contribution in [3.8, 4) is 6.07 Å². The van der Waals surface area contributed by atoms with E-state index in [2.05, 4.69) is 120 Å². The second-order valence-electron chi connectivity index (χ2n) is 9.92. The molecule has 1 aromatic heterocycles. The van der Waals surface area contributed by atoms with Crippen molar-refractivity contribution in [3.63, 3.8) is 0 Å². The number of benzene rings is 3. The third-order valence-corrected chi connectivity index (χ3v) is 6.74. The van der Waals surface area contributed by atoms with Crippen LogP contribution in [-0.2, 0) is 12.8 Å². The van der Waals surface area contributed by atoms with Gasteiger partial charge in [-0.15, -0.1) is 0 Å². The predicted molar refractivity (Wildman–Crippen MR) is 174 cm³/mol. The van der Waals surface area contributed by atoms with E-state index in [0.29, 0.717) is 5.57 Å². The number of nitrogens with one attached hydrogen (secondary N) is 1. The molecule has 3 heteroatoms. The second-order valence-corrected chi connectivity index (χ2v) is 9.92. The number of pyridine rings is 1. The van der Waals surface area contributed by atoms with Gasteiger partial charge in [0.25, 0.3) is 0 Å². The van der Waals surface area contributed by atoms with Crippen LogP contribution in [0, 0.1) is 32.1 Å². The lowest BCUT2D eigenvalue weighted by atomic mass is 9.98. The van der Waals surface area contributed by atoms with Crippen LogP contribution in [0.3, 0.4) is 0 Å². The molecule has 0 aliphatic heterocycles. The number of aryl methyl sites for hydroxylation is 4. The summed E-state index contributed by atoms with van der Waals surface area (Å²) in [5.74, 6) is 0. The molecule has 0 bridgehead atoms. The minimum atomic E-state index is 0.253. The highest BCUT2D eigenvalue weighted by molar-refractivity contribution is 5.96. The van der Waals surface area contributed by atoms with Crippen molar-refractivity contribution < 1.29 is 0 Å².